The molecule has 0 heterocycles. The van der Waals surface area contributed by atoms with E-state index < -0.39 is 25.5 Å². The number of hydrogen-bond acceptors (Lipinski definition) is 1. The van der Waals surface area contributed by atoms with E-state index in [4.69, 9.17) is 0 Å². The molecular weight excluding hydrogens is 231 g/mol. The van der Waals surface area contributed by atoms with Crippen LogP contribution >= 0.6 is 0 Å². The first-order valence-corrected chi connectivity index (χ1v) is 4.28. The molecule has 0 unspecified atom stereocenters. The summed E-state index contributed by atoms with van der Waals surface area (Å²) in [6, 6.07) is 8.01. The molecule has 76 valence electrons. The van der Waals surface area contributed by atoms with Gasteiger partial charge in [-0.3, -0.25) is 4.79 Å². The summed E-state index contributed by atoms with van der Waals surface area (Å²) in [5.41, 5.74) is 0.340. The minimum absolute atomic E-state index is 0. The third-order valence-electron chi connectivity index (χ3n) is 1.79. The zero-order valence-electron chi connectivity index (χ0n) is 8.42. The predicted molar refractivity (Wildman–Crippen MR) is 49.3 cm³/mol. The van der Waals surface area contributed by atoms with Crippen LogP contribution in [-0.2, 0) is 0 Å². The molecule has 0 saturated carbocycles. The number of hydrogen-bond donors (Lipinski definition) is 0. The topological polar surface area (TPSA) is 17.1 Å². The van der Waals surface area contributed by atoms with Crippen molar-refractivity contribution in [2.24, 2.45) is 0 Å². The largest absolute Gasteiger partial charge is 1.00 e. The van der Waals surface area contributed by atoms with Gasteiger partial charge in [-0.15, -0.1) is 0 Å². The zero-order chi connectivity index (χ0) is 10.6. The van der Waals surface area contributed by atoms with Crippen molar-refractivity contribution < 1.29 is 69.1 Å². The molecule has 6 heteroatoms. The van der Waals surface area contributed by atoms with E-state index in [1.165, 1.54) is 12.1 Å². The summed E-state index contributed by atoms with van der Waals surface area (Å²) in [5.74, 6) is -0.454. The molecule has 0 bridgehead atoms. The second-order valence-electron chi connectivity index (χ2n) is 3.04. The van der Waals surface area contributed by atoms with Crippen LogP contribution in [0.4, 0.5) is 12.9 Å². The van der Waals surface area contributed by atoms with E-state index in [0.717, 1.165) is 0 Å². The van der Waals surface area contributed by atoms with Crippen molar-refractivity contribution in [2.45, 2.75) is 12.7 Å². The van der Waals surface area contributed by atoms with Crippen molar-refractivity contribution >= 4 is 12.8 Å². The Balaban J connectivity index is 0.00000196. The van der Waals surface area contributed by atoms with Crippen LogP contribution in [0.2, 0.25) is 6.32 Å². The monoisotopic (exact) mass is 240 g/mol. The maximum Gasteiger partial charge on any atom is 1.00 e. The molecule has 0 atom stereocenters. The fourth-order valence-corrected chi connectivity index (χ4v) is 1.06. The Morgan fingerprint density at radius 3 is 2.13 bits per heavy atom. The van der Waals surface area contributed by atoms with Gasteiger partial charge >= 0.3 is 58.4 Å². The number of carbonyl (C=O) groups excluding carboxylic acids is 1. The number of benzene rings is 1. The van der Waals surface area contributed by atoms with Crippen LogP contribution in [0.25, 0.3) is 0 Å². The first-order valence-electron chi connectivity index (χ1n) is 4.28. The third-order valence-corrected chi connectivity index (χ3v) is 1.79. The third kappa shape index (κ3) is 6.52. The fourth-order valence-electron chi connectivity index (χ4n) is 1.06. The summed E-state index contributed by atoms with van der Waals surface area (Å²) in [5, 5.41) is 0. The van der Waals surface area contributed by atoms with Crippen molar-refractivity contribution in [3.63, 3.8) is 0 Å². The molecular formula is C9H9BF3KO. The maximum absolute atomic E-state index is 11.8. The van der Waals surface area contributed by atoms with Crippen molar-refractivity contribution in [3.05, 3.63) is 35.9 Å². The maximum atomic E-state index is 11.8. The minimum atomic E-state index is -4.85. The van der Waals surface area contributed by atoms with E-state index in [-0.39, 0.29) is 51.4 Å². The van der Waals surface area contributed by atoms with E-state index in [0.29, 0.717) is 5.56 Å². The van der Waals surface area contributed by atoms with Crippen LogP contribution < -0.4 is 51.4 Å². The smallest absolute Gasteiger partial charge is 0.449 e. The van der Waals surface area contributed by atoms with Gasteiger partial charge in [0.05, 0.1) is 0 Å². The van der Waals surface area contributed by atoms with Gasteiger partial charge in [0.15, 0.2) is 5.78 Å². The van der Waals surface area contributed by atoms with Gasteiger partial charge in [-0.1, -0.05) is 36.7 Å². The molecule has 0 aromatic heterocycles. The van der Waals surface area contributed by atoms with Crippen molar-refractivity contribution in [3.8, 4) is 0 Å². The van der Waals surface area contributed by atoms with Crippen molar-refractivity contribution in [1.29, 1.82) is 0 Å². The molecule has 0 radical (unpaired) electrons. The Bertz CT molecular complexity index is 313. The van der Waals surface area contributed by atoms with Crippen LogP contribution in [0.15, 0.2) is 30.3 Å². The van der Waals surface area contributed by atoms with Crippen LogP contribution in [0.5, 0.6) is 0 Å². The second-order valence-corrected chi connectivity index (χ2v) is 3.04. The van der Waals surface area contributed by atoms with Crippen molar-refractivity contribution in [2.75, 3.05) is 0 Å². The molecule has 0 aliphatic rings. The molecule has 0 saturated heterocycles. The Hall–Kier alpha value is 0.381. The second kappa shape index (κ2) is 6.86. The summed E-state index contributed by atoms with van der Waals surface area (Å²) >= 11 is 0. The number of ketones is 1. The Morgan fingerprint density at radius 2 is 1.67 bits per heavy atom. The van der Waals surface area contributed by atoms with Gasteiger partial charge in [0.25, 0.3) is 0 Å². The zero-order valence-corrected chi connectivity index (χ0v) is 11.5. The van der Waals surface area contributed by atoms with E-state index in [1.807, 2.05) is 0 Å². The molecule has 1 nitrogen and oxygen atoms in total. The van der Waals surface area contributed by atoms with Gasteiger partial charge in [-0.2, -0.15) is 0 Å². The van der Waals surface area contributed by atoms with Gasteiger partial charge < -0.3 is 12.9 Å². The van der Waals surface area contributed by atoms with E-state index >= 15 is 0 Å². The molecule has 0 fully saturated rings. The first-order chi connectivity index (χ1) is 6.49. The summed E-state index contributed by atoms with van der Waals surface area (Å²) in [6.07, 6.45) is -1.44. The van der Waals surface area contributed by atoms with Gasteiger partial charge in [0, 0.05) is 5.56 Å². The molecule has 0 amide bonds. The summed E-state index contributed by atoms with van der Waals surface area (Å²) < 4.78 is 35.5. The van der Waals surface area contributed by atoms with E-state index in [2.05, 4.69) is 0 Å². The molecule has 15 heavy (non-hydrogen) atoms. The van der Waals surface area contributed by atoms with Gasteiger partial charge in [0.1, 0.15) is 0 Å². The number of carbonyl (C=O) groups is 1. The fraction of sp³-hybridized carbons (Fsp3) is 0.222. The Morgan fingerprint density at radius 1 is 1.13 bits per heavy atom. The Kier molecular flexibility index (Phi) is 7.03. The number of halogens is 3. The number of rotatable bonds is 4. The van der Waals surface area contributed by atoms with Crippen molar-refractivity contribution in [1.82, 2.24) is 0 Å². The van der Waals surface area contributed by atoms with Crippen LogP contribution in [0.1, 0.15) is 16.8 Å². The summed E-state index contributed by atoms with van der Waals surface area (Å²) in [6.45, 7) is -4.85. The quantitative estimate of drug-likeness (QED) is 0.539. The van der Waals surface area contributed by atoms with Crippen LogP contribution in [-0.4, -0.2) is 12.8 Å². The minimum Gasteiger partial charge on any atom is -0.449 e. The first kappa shape index (κ1) is 15.4. The van der Waals surface area contributed by atoms with Crippen LogP contribution in [0.3, 0.4) is 0 Å². The SMILES string of the molecule is O=C(CC[B-](F)(F)F)c1ccccc1.[K+]. The van der Waals surface area contributed by atoms with Gasteiger partial charge in [-0.25, -0.2) is 0 Å². The van der Waals surface area contributed by atoms with Gasteiger partial charge in [0.2, 0.25) is 0 Å². The normalized spacial score (nSPS) is 10.6. The predicted octanol–water partition coefficient (Wildman–Crippen LogP) is 0.111. The average molecular weight is 240 g/mol. The number of Topliss-reactive ketones (excluding diaryl/α,β-unsaturated/α-hetero) is 1. The summed E-state index contributed by atoms with van der Waals surface area (Å²) in [7, 11) is 0. The van der Waals surface area contributed by atoms with Gasteiger partial charge in [-0.05, 0) is 6.42 Å². The molecule has 0 N–H and O–H groups in total. The molecule has 0 aliphatic heterocycles. The molecule has 1 rings (SSSR count). The molecule has 0 spiro atoms. The average Bonchev–Trinajstić information content (AvgIpc) is 2.14. The Labute approximate surface area is 129 Å². The van der Waals surface area contributed by atoms with Crippen LogP contribution in [0, 0.1) is 0 Å². The molecule has 0 aliphatic carbocycles. The molecule has 1 aromatic rings. The van der Waals surface area contributed by atoms with E-state index in [9.17, 15) is 17.7 Å². The summed E-state index contributed by atoms with van der Waals surface area (Å²) in [4.78, 5) is 11.2. The standard InChI is InChI=1S/C9H9BF3O.K/c11-10(12,13)7-6-9(14)8-4-2-1-3-5-8;/h1-5H,6-7H2;/q-1;+1. The molecule has 1 aromatic carbocycles. The van der Waals surface area contributed by atoms with E-state index in [1.54, 1.807) is 18.2 Å².